The summed E-state index contributed by atoms with van der Waals surface area (Å²) in [5.74, 6) is 0.379. The summed E-state index contributed by atoms with van der Waals surface area (Å²) in [5, 5.41) is 3.56. The molecule has 1 aromatic heterocycles. The quantitative estimate of drug-likeness (QED) is 0.884. The summed E-state index contributed by atoms with van der Waals surface area (Å²) in [6, 6.07) is 6.43. The van der Waals surface area contributed by atoms with E-state index in [1.807, 2.05) is 13.0 Å². The highest BCUT2D eigenvalue weighted by Crippen LogP contribution is 2.24. The van der Waals surface area contributed by atoms with E-state index in [4.69, 9.17) is 15.0 Å². The molecule has 0 radical (unpaired) electrons. The summed E-state index contributed by atoms with van der Waals surface area (Å²) in [6.07, 6.45) is 2.08. The third-order valence-electron chi connectivity index (χ3n) is 2.44. The maximum absolute atomic E-state index is 13.7. The van der Waals surface area contributed by atoms with Crippen molar-refractivity contribution in [2.45, 2.75) is 26.0 Å². The van der Waals surface area contributed by atoms with E-state index in [2.05, 4.69) is 5.16 Å². The van der Waals surface area contributed by atoms with Gasteiger partial charge in [0.25, 0.3) is 0 Å². The fraction of sp³-hybridized carbons (Fsp3) is 0.308. The number of rotatable bonds is 5. The number of para-hydroxylation sites is 1. The molecule has 1 unspecified atom stereocenters. The van der Waals surface area contributed by atoms with Gasteiger partial charge in [-0.15, -0.1) is 0 Å². The highest BCUT2D eigenvalue weighted by Gasteiger charge is 2.12. The molecule has 2 N–H and O–H groups in total. The van der Waals surface area contributed by atoms with Gasteiger partial charge in [-0.1, -0.05) is 17.3 Å². The summed E-state index contributed by atoms with van der Waals surface area (Å²) < 4.78 is 24.1. The van der Waals surface area contributed by atoms with Crippen molar-refractivity contribution in [3.8, 4) is 5.75 Å². The molecule has 1 atom stereocenters. The second-order valence-electron chi connectivity index (χ2n) is 4.18. The van der Waals surface area contributed by atoms with E-state index in [0.717, 1.165) is 5.56 Å². The number of nitrogens with two attached hydrogens (primary N) is 1. The predicted molar refractivity (Wildman–Crippen MR) is 64.6 cm³/mol. The zero-order valence-corrected chi connectivity index (χ0v) is 10.1. The van der Waals surface area contributed by atoms with Gasteiger partial charge < -0.3 is 15.0 Å². The molecular weight excluding hydrogens is 235 g/mol. The molecule has 1 aromatic carbocycles. The van der Waals surface area contributed by atoms with Crippen LogP contribution in [-0.4, -0.2) is 11.2 Å². The van der Waals surface area contributed by atoms with E-state index in [0.29, 0.717) is 12.2 Å². The summed E-state index contributed by atoms with van der Waals surface area (Å²) in [4.78, 5) is 0. The lowest BCUT2D eigenvalue weighted by molar-refractivity contribution is 0.238. The summed E-state index contributed by atoms with van der Waals surface area (Å²) in [5.41, 5.74) is 6.48. The maximum Gasteiger partial charge on any atom is 0.174 e. The molecule has 0 aliphatic heterocycles. The average Bonchev–Trinajstić information content (AvgIpc) is 2.80. The van der Waals surface area contributed by atoms with E-state index >= 15 is 0 Å². The van der Waals surface area contributed by atoms with E-state index in [1.165, 1.54) is 12.3 Å². The standard InChI is InChI=1S/C13H15FN2O2/c1-9(15)7-10-3-2-4-12(14)13(10)17-8-11-5-6-16-18-11/h2-6,9H,7-8,15H2,1H3. The van der Waals surface area contributed by atoms with Crippen molar-refractivity contribution in [3.63, 3.8) is 0 Å². The Morgan fingerprint density at radius 2 is 2.28 bits per heavy atom. The number of nitrogens with zero attached hydrogens (tertiary/aromatic N) is 1. The highest BCUT2D eigenvalue weighted by atomic mass is 19.1. The van der Waals surface area contributed by atoms with Gasteiger partial charge >= 0.3 is 0 Å². The van der Waals surface area contributed by atoms with Gasteiger partial charge in [-0.05, 0) is 25.0 Å². The molecule has 0 aliphatic rings. The van der Waals surface area contributed by atoms with Crippen LogP contribution >= 0.6 is 0 Å². The average molecular weight is 250 g/mol. The Labute approximate surface area is 105 Å². The Morgan fingerprint density at radius 3 is 2.94 bits per heavy atom. The number of hydrogen-bond acceptors (Lipinski definition) is 4. The molecule has 2 rings (SSSR count). The smallest absolute Gasteiger partial charge is 0.174 e. The van der Waals surface area contributed by atoms with E-state index in [-0.39, 0.29) is 18.4 Å². The molecule has 4 nitrogen and oxygen atoms in total. The minimum atomic E-state index is -0.396. The van der Waals surface area contributed by atoms with Gasteiger partial charge in [0.05, 0.1) is 6.20 Å². The van der Waals surface area contributed by atoms with E-state index in [1.54, 1.807) is 12.1 Å². The molecule has 0 bridgehead atoms. The Hall–Kier alpha value is -1.88. The monoisotopic (exact) mass is 250 g/mol. The summed E-state index contributed by atoms with van der Waals surface area (Å²) in [6.45, 7) is 2.01. The van der Waals surface area contributed by atoms with Crippen molar-refractivity contribution in [1.29, 1.82) is 0 Å². The van der Waals surface area contributed by atoms with Gasteiger partial charge in [0.15, 0.2) is 17.3 Å². The fourth-order valence-electron chi connectivity index (χ4n) is 1.68. The van der Waals surface area contributed by atoms with Crippen LogP contribution in [0.2, 0.25) is 0 Å². The number of halogens is 1. The van der Waals surface area contributed by atoms with Crippen LogP contribution in [0.1, 0.15) is 18.2 Å². The van der Waals surface area contributed by atoms with Crippen LogP contribution in [0, 0.1) is 5.82 Å². The molecule has 1 heterocycles. The largest absolute Gasteiger partial charge is 0.482 e. The normalized spacial score (nSPS) is 12.4. The molecule has 2 aromatic rings. The van der Waals surface area contributed by atoms with E-state index < -0.39 is 5.82 Å². The van der Waals surface area contributed by atoms with Crippen molar-refractivity contribution >= 4 is 0 Å². The van der Waals surface area contributed by atoms with E-state index in [9.17, 15) is 4.39 Å². The first-order valence-corrected chi connectivity index (χ1v) is 5.72. The summed E-state index contributed by atoms with van der Waals surface area (Å²) in [7, 11) is 0. The lowest BCUT2D eigenvalue weighted by Gasteiger charge is -2.12. The third kappa shape index (κ3) is 3.07. The SMILES string of the molecule is CC(N)Cc1cccc(F)c1OCc1ccno1. The van der Waals surface area contributed by atoms with Crippen molar-refractivity contribution < 1.29 is 13.7 Å². The molecule has 0 fully saturated rings. The van der Waals surface area contributed by atoms with Gasteiger partial charge in [-0.2, -0.15) is 0 Å². The second-order valence-corrected chi connectivity index (χ2v) is 4.18. The number of benzene rings is 1. The Morgan fingerprint density at radius 1 is 1.44 bits per heavy atom. The van der Waals surface area contributed by atoms with Gasteiger partial charge in [0, 0.05) is 12.1 Å². The van der Waals surface area contributed by atoms with Crippen LogP contribution in [-0.2, 0) is 13.0 Å². The first kappa shape index (κ1) is 12.6. The molecule has 0 spiro atoms. The van der Waals surface area contributed by atoms with Crippen LogP contribution in [0.3, 0.4) is 0 Å². The molecule has 0 aliphatic carbocycles. The van der Waals surface area contributed by atoms with Crippen molar-refractivity contribution in [1.82, 2.24) is 5.16 Å². The molecular formula is C13H15FN2O2. The first-order chi connectivity index (χ1) is 8.66. The molecule has 0 saturated heterocycles. The molecule has 18 heavy (non-hydrogen) atoms. The zero-order valence-electron chi connectivity index (χ0n) is 10.1. The lowest BCUT2D eigenvalue weighted by atomic mass is 10.1. The van der Waals surface area contributed by atoms with Crippen LogP contribution in [0.4, 0.5) is 4.39 Å². The molecule has 0 saturated carbocycles. The highest BCUT2D eigenvalue weighted by molar-refractivity contribution is 5.35. The first-order valence-electron chi connectivity index (χ1n) is 5.72. The zero-order chi connectivity index (χ0) is 13.0. The van der Waals surface area contributed by atoms with Gasteiger partial charge in [0.1, 0.15) is 6.61 Å². The number of ether oxygens (including phenoxy) is 1. The van der Waals surface area contributed by atoms with Gasteiger partial charge in [-0.25, -0.2) is 4.39 Å². The van der Waals surface area contributed by atoms with Crippen LogP contribution in [0.15, 0.2) is 35.0 Å². The molecule has 96 valence electrons. The fourth-order valence-corrected chi connectivity index (χ4v) is 1.68. The number of hydrogen-bond donors (Lipinski definition) is 1. The lowest BCUT2D eigenvalue weighted by Crippen LogP contribution is -2.18. The minimum Gasteiger partial charge on any atom is -0.482 e. The van der Waals surface area contributed by atoms with Crippen molar-refractivity contribution in [2.75, 3.05) is 0 Å². The molecule has 0 amide bonds. The summed E-state index contributed by atoms with van der Waals surface area (Å²) >= 11 is 0. The predicted octanol–water partition coefficient (Wildman–Crippen LogP) is 2.28. The van der Waals surface area contributed by atoms with Gasteiger partial charge in [0.2, 0.25) is 0 Å². The minimum absolute atomic E-state index is 0.0561. The van der Waals surface area contributed by atoms with Gasteiger partial charge in [-0.3, -0.25) is 0 Å². The Kier molecular flexibility index (Phi) is 3.94. The van der Waals surface area contributed by atoms with Crippen molar-refractivity contribution in [2.24, 2.45) is 5.73 Å². The van der Waals surface area contributed by atoms with Crippen LogP contribution in [0.25, 0.3) is 0 Å². The third-order valence-corrected chi connectivity index (χ3v) is 2.44. The van der Waals surface area contributed by atoms with Crippen molar-refractivity contribution in [3.05, 3.63) is 47.6 Å². The second kappa shape index (κ2) is 5.64. The van der Waals surface area contributed by atoms with Crippen LogP contribution < -0.4 is 10.5 Å². The Balaban J connectivity index is 2.14. The topological polar surface area (TPSA) is 61.3 Å². The Bertz CT molecular complexity index is 498. The molecule has 5 heteroatoms. The van der Waals surface area contributed by atoms with Crippen LogP contribution in [0.5, 0.6) is 5.75 Å². The maximum atomic E-state index is 13.7. The number of aromatic nitrogens is 1.